The molecule has 0 spiro atoms. The Hall–Kier alpha value is -2.65. The lowest BCUT2D eigenvalue weighted by Crippen LogP contribution is -2.49. The van der Waals surface area contributed by atoms with Gasteiger partial charge in [0.15, 0.2) is 0 Å². The zero-order chi connectivity index (χ0) is 17.7. The Morgan fingerprint density at radius 3 is 2.29 bits per heavy atom. The number of carbonyl (C=O) groups is 1. The minimum Gasteiger partial charge on any atom is -0.463 e. The van der Waals surface area contributed by atoms with E-state index in [1.807, 2.05) is 0 Å². The van der Waals surface area contributed by atoms with Crippen LogP contribution in [0.25, 0.3) is 0 Å². The highest BCUT2D eigenvalue weighted by atomic mass is 79.9. The molecule has 2 aromatic rings. The molecule has 0 saturated carbocycles. The van der Waals surface area contributed by atoms with Crippen molar-refractivity contribution in [2.24, 2.45) is 0 Å². The lowest BCUT2D eigenvalue weighted by molar-refractivity contribution is -0.566. The molecule has 0 aliphatic heterocycles. The SMILES string of the molecule is C#CC(c1ccc(Br)cc1)[C@@](C(=O)OC)(c1ccccc1)[N+](=O)[O-]. The van der Waals surface area contributed by atoms with Crippen molar-refractivity contribution in [2.45, 2.75) is 11.5 Å². The van der Waals surface area contributed by atoms with Crippen LogP contribution in [0.2, 0.25) is 0 Å². The van der Waals surface area contributed by atoms with Crippen LogP contribution in [0.5, 0.6) is 0 Å². The van der Waals surface area contributed by atoms with Crippen LogP contribution in [-0.2, 0) is 15.1 Å². The minimum atomic E-state index is -2.22. The van der Waals surface area contributed by atoms with Crippen LogP contribution in [0.1, 0.15) is 17.0 Å². The Kier molecular flexibility index (Phi) is 5.37. The molecule has 0 heterocycles. The van der Waals surface area contributed by atoms with Gasteiger partial charge in [-0.2, -0.15) is 0 Å². The summed E-state index contributed by atoms with van der Waals surface area (Å²) in [4.78, 5) is 23.9. The number of ether oxygens (including phenoxy) is 1. The normalized spacial score (nSPS) is 14.0. The van der Waals surface area contributed by atoms with E-state index in [-0.39, 0.29) is 5.56 Å². The largest absolute Gasteiger partial charge is 0.463 e. The Morgan fingerprint density at radius 1 is 1.25 bits per heavy atom. The van der Waals surface area contributed by atoms with Crippen LogP contribution in [0.3, 0.4) is 0 Å². The van der Waals surface area contributed by atoms with E-state index in [1.165, 1.54) is 12.1 Å². The van der Waals surface area contributed by atoms with Crippen molar-refractivity contribution in [3.63, 3.8) is 0 Å². The average Bonchev–Trinajstić information content (AvgIpc) is 2.60. The summed E-state index contributed by atoms with van der Waals surface area (Å²) >= 11 is 3.31. The van der Waals surface area contributed by atoms with Gasteiger partial charge >= 0.3 is 11.5 Å². The Labute approximate surface area is 147 Å². The molecule has 0 aliphatic carbocycles. The van der Waals surface area contributed by atoms with Gasteiger partial charge in [0.05, 0.1) is 7.11 Å². The lowest BCUT2D eigenvalue weighted by atomic mass is 9.75. The molecule has 24 heavy (non-hydrogen) atoms. The van der Waals surface area contributed by atoms with Crippen molar-refractivity contribution >= 4 is 21.9 Å². The highest BCUT2D eigenvalue weighted by molar-refractivity contribution is 9.10. The monoisotopic (exact) mass is 387 g/mol. The van der Waals surface area contributed by atoms with E-state index in [4.69, 9.17) is 11.2 Å². The Bertz CT molecular complexity index is 783. The number of methoxy groups -OCH3 is 1. The molecule has 0 radical (unpaired) electrons. The third-order valence-corrected chi connectivity index (χ3v) is 4.31. The lowest BCUT2D eigenvalue weighted by Gasteiger charge is -2.28. The van der Waals surface area contributed by atoms with Crippen molar-refractivity contribution in [1.82, 2.24) is 0 Å². The van der Waals surface area contributed by atoms with Gasteiger partial charge in [0.2, 0.25) is 0 Å². The van der Waals surface area contributed by atoms with E-state index in [0.717, 1.165) is 11.6 Å². The number of hydrogen-bond donors (Lipinski definition) is 0. The van der Waals surface area contributed by atoms with Gasteiger partial charge in [-0.05, 0) is 17.7 Å². The predicted octanol–water partition coefficient (Wildman–Crippen LogP) is 3.51. The summed E-state index contributed by atoms with van der Waals surface area (Å²) in [6.45, 7) is 0. The van der Waals surface area contributed by atoms with E-state index in [1.54, 1.807) is 42.5 Å². The van der Waals surface area contributed by atoms with Crippen LogP contribution in [0.4, 0.5) is 0 Å². The van der Waals surface area contributed by atoms with Gasteiger partial charge in [0, 0.05) is 15.0 Å². The summed E-state index contributed by atoms with van der Waals surface area (Å²) < 4.78 is 5.57. The molecule has 0 aromatic heterocycles. The highest BCUT2D eigenvalue weighted by Gasteiger charge is 2.60. The number of carbonyl (C=O) groups excluding carboxylic acids is 1. The van der Waals surface area contributed by atoms with E-state index in [2.05, 4.69) is 21.9 Å². The van der Waals surface area contributed by atoms with E-state index >= 15 is 0 Å². The minimum absolute atomic E-state index is 0.174. The third kappa shape index (κ3) is 2.91. The zero-order valence-corrected chi connectivity index (χ0v) is 14.4. The van der Waals surface area contributed by atoms with Crippen molar-refractivity contribution < 1.29 is 14.5 Å². The molecule has 2 aromatic carbocycles. The molecule has 6 heteroatoms. The molecular weight excluding hydrogens is 374 g/mol. The molecular formula is C18H14BrNO4. The van der Waals surface area contributed by atoms with Crippen LogP contribution >= 0.6 is 15.9 Å². The van der Waals surface area contributed by atoms with Crippen LogP contribution < -0.4 is 0 Å². The summed E-state index contributed by atoms with van der Waals surface area (Å²) in [6.07, 6.45) is 5.62. The Balaban J connectivity index is 2.77. The zero-order valence-electron chi connectivity index (χ0n) is 12.8. The summed E-state index contributed by atoms with van der Waals surface area (Å²) in [6, 6.07) is 14.7. The number of nitrogens with zero attached hydrogens (tertiary/aromatic N) is 1. The second-order valence-electron chi connectivity index (χ2n) is 5.03. The summed E-state index contributed by atoms with van der Waals surface area (Å²) in [7, 11) is 1.11. The smallest absolute Gasteiger partial charge is 0.391 e. The number of hydrogen-bond acceptors (Lipinski definition) is 4. The van der Waals surface area contributed by atoms with E-state index < -0.39 is 22.3 Å². The molecule has 122 valence electrons. The summed E-state index contributed by atoms with van der Waals surface area (Å²) in [5.41, 5.74) is -1.57. The van der Waals surface area contributed by atoms with E-state index in [9.17, 15) is 14.9 Å². The van der Waals surface area contributed by atoms with Crippen molar-refractivity contribution in [3.05, 3.63) is 80.3 Å². The third-order valence-electron chi connectivity index (χ3n) is 3.79. The molecule has 0 saturated heterocycles. The molecule has 0 amide bonds. The quantitative estimate of drug-likeness (QED) is 0.340. The molecule has 0 fully saturated rings. The molecule has 5 nitrogen and oxygen atoms in total. The second-order valence-corrected chi connectivity index (χ2v) is 5.95. The van der Waals surface area contributed by atoms with E-state index in [0.29, 0.717) is 5.56 Å². The number of nitro groups is 1. The van der Waals surface area contributed by atoms with Crippen LogP contribution in [0.15, 0.2) is 59.1 Å². The number of benzene rings is 2. The second kappa shape index (κ2) is 7.28. The molecule has 0 aliphatic rings. The molecule has 1 unspecified atom stereocenters. The number of terminal acetylenes is 1. The molecule has 0 bridgehead atoms. The molecule has 2 atom stereocenters. The van der Waals surface area contributed by atoms with Crippen LogP contribution in [0, 0.1) is 22.5 Å². The van der Waals surface area contributed by atoms with Crippen molar-refractivity contribution in [1.29, 1.82) is 0 Å². The van der Waals surface area contributed by atoms with Gasteiger partial charge in [-0.25, -0.2) is 4.79 Å². The number of halogens is 1. The first-order valence-corrected chi connectivity index (χ1v) is 7.77. The highest BCUT2D eigenvalue weighted by Crippen LogP contribution is 2.41. The fourth-order valence-corrected chi connectivity index (χ4v) is 2.91. The van der Waals surface area contributed by atoms with Gasteiger partial charge in [0.25, 0.3) is 0 Å². The first kappa shape index (κ1) is 17.7. The first-order chi connectivity index (χ1) is 11.5. The summed E-state index contributed by atoms with van der Waals surface area (Å²) in [5.74, 6) is 0.277. The van der Waals surface area contributed by atoms with Gasteiger partial charge in [-0.3, -0.25) is 10.1 Å². The van der Waals surface area contributed by atoms with Crippen molar-refractivity contribution in [2.75, 3.05) is 7.11 Å². The van der Waals surface area contributed by atoms with Gasteiger partial charge in [-0.1, -0.05) is 64.3 Å². The standard InChI is InChI=1S/C18H14BrNO4/c1-3-16(13-9-11-15(19)12-10-13)18(20(22)23,17(21)24-2)14-7-5-4-6-8-14/h1,4-12,16H,2H3/t16?,18-/m1/s1. The topological polar surface area (TPSA) is 69.4 Å². The molecule has 2 rings (SSSR count). The first-order valence-electron chi connectivity index (χ1n) is 6.98. The average molecular weight is 388 g/mol. The van der Waals surface area contributed by atoms with Gasteiger partial charge in [0.1, 0.15) is 5.92 Å². The fraction of sp³-hybridized carbons (Fsp3) is 0.167. The van der Waals surface area contributed by atoms with Crippen LogP contribution in [-0.4, -0.2) is 18.0 Å². The number of esters is 1. The maximum absolute atomic E-state index is 12.5. The van der Waals surface area contributed by atoms with Crippen molar-refractivity contribution in [3.8, 4) is 12.3 Å². The Morgan fingerprint density at radius 2 is 1.83 bits per heavy atom. The van der Waals surface area contributed by atoms with Gasteiger partial charge in [-0.15, -0.1) is 6.42 Å². The molecule has 0 N–H and O–H groups in total. The maximum Gasteiger partial charge on any atom is 0.391 e. The fourth-order valence-electron chi connectivity index (χ4n) is 2.65. The summed E-state index contributed by atoms with van der Waals surface area (Å²) in [5, 5.41) is 12.1. The number of rotatable bonds is 5. The van der Waals surface area contributed by atoms with Gasteiger partial charge < -0.3 is 4.74 Å². The predicted molar refractivity (Wildman–Crippen MR) is 92.8 cm³/mol. The maximum atomic E-state index is 12.5.